The molecule has 2 aromatic rings. The first kappa shape index (κ1) is 20.6. The van der Waals surface area contributed by atoms with Crippen LogP contribution in [0.3, 0.4) is 0 Å². The smallest absolute Gasteiger partial charge is 0.229 e. The minimum Gasteiger partial charge on any atom is -0.380 e. The van der Waals surface area contributed by atoms with Crippen molar-refractivity contribution in [2.75, 3.05) is 35.2 Å². The molecule has 30 heavy (non-hydrogen) atoms. The van der Waals surface area contributed by atoms with E-state index >= 15 is 0 Å². The van der Waals surface area contributed by atoms with Crippen LogP contribution in [0.15, 0.2) is 42.5 Å². The van der Waals surface area contributed by atoms with Crippen LogP contribution in [0.1, 0.15) is 19.3 Å². The highest BCUT2D eigenvalue weighted by Gasteiger charge is 2.36. The second-order valence-electron chi connectivity index (χ2n) is 7.56. The molecule has 2 aliphatic heterocycles. The van der Waals surface area contributed by atoms with Gasteiger partial charge in [0.15, 0.2) is 0 Å². The molecule has 6 nitrogen and oxygen atoms in total. The minimum absolute atomic E-state index is 0.0839. The maximum atomic E-state index is 14.4. The number of ether oxygens (including phenoxy) is 1. The third kappa shape index (κ3) is 4.57. The van der Waals surface area contributed by atoms with Crippen LogP contribution in [0.2, 0.25) is 5.02 Å². The van der Waals surface area contributed by atoms with Crippen molar-refractivity contribution in [3.05, 3.63) is 53.3 Å². The Kier molecular flexibility index (Phi) is 6.20. The fourth-order valence-corrected chi connectivity index (χ4v) is 4.03. The summed E-state index contributed by atoms with van der Waals surface area (Å²) in [5.41, 5.74) is 1.31. The van der Waals surface area contributed by atoms with Crippen LogP contribution in [-0.4, -0.2) is 37.6 Å². The summed E-state index contributed by atoms with van der Waals surface area (Å²) >= 11 is 6.18. The highest BCUT2D eigenvalue weighted by molar-refractivity contribution is 6.33. The third-order valence-corrected chi connectivity index (χ3v) is 5.74. The standard InChI is InChI=1S/C22H23ClFN3O3/c23-17-5-1-2-6-20(17)27-13-14(10-21(27)28)22(29)26-15-7-8-19(18(24)11-15)25-12-16-4-3-9-30-16/h1-2,5-8,11,14,16,25H,3-4,9-10,12-13H2,(H,26,29). The molecule has 4 rings (SSSR count). The topological polar surface area (TPSA) is 70.7 Å². The van der Waals surface area contributed by atoms with Gasteiger partial charge in [0.25, 0.3) is 0 Å². The second kappa shape index (κ2) is 9.02. The zero-order chi connectivity index (χ0) is 21.1. The zero-order valence-corrected chi connectivity index (χ0v) is 17.1. The van der Waals surface area contributed by atoms with E-state index in [9.17, 15) is 14.0 Å². The van der Waals surface area contributed by atoms with Gasteiger partial charge in [-0.2, -0.15) is 0 Å². The van der Waals surface area contributed by atoms with Gasteiger partial charge in [0.2, 0.25) is 11.8 Å². The van der Waals surface area contributed by atoms with Crippen molar-refractivity contribution in [2.45, 2.75) is 25.4 Å². The Hall–Kier alpha value is -2.64. The number of carbonyl (C=O) groups excluding carboxylic acids is 2. The predicted molar refractivity (Wildman–Crippen MR) is 114 cm³/mol. The fraction of sp³-hybridized carbons (Fsp3) is 0.364. The Morgan fingerprint density at radius 3 is 2.83 bits per heavy atom. The summed E-state index contributed by atoms with van der Waals surface area (Å²) in [5, 5.41) is 6.22. The van der Waals surface area contributed by atoms with Crippen LogP contribution in [0.25, 0.3) is 0 Å². The molecule has 0 radical (unpaired) electrons. The van der Waals surface area contributed by atoms with Crippen LogP contribution >= 0.6 is 11.6 Å². The third-order valence-electron chi connectivity index (χ3n) is 5.42. The van der Waals surface area contributed by atoms with E-state index in [1.807, 2.05) is 0 Å². The van der Waals surface area contributed by atoms with Gasteiger partial charge in [0.1, 0.15) is 5.82 Å². The molecule has 2 aliphatic rings. The van der Waals surface area contributed by atoms with E-state index in [1.165, 1.54) is 11.0 Å². The number of halogens is 2. The summed E-state index contributed by atoms with van der Waals surface area (Å²) in [6.45, 7) is 1.53. The number of benzene rings is 2. The quantitative estimate of drug-likeness (QED) is 0.723. The van der Waals surface area contributed by atoms with Crippen molar-refractivity contribution >= 4 is 40.5 Å². The van der Waals surface area contributed by atoms with Crippen LogP contribution in [0.5, 0.6) is 0 Å². The largest absolute Gasteiger partial charge is 0.380 e. The second-order valence-corrected chi connectivity index (χ2v) is 7.96. The van der Waals surface area contributed by atoms with Crippen LogP contribution in [-0.2, 0) is 14.3 Å². The summed E-state index contributed by atoms with van der Waals surface area (Å²) in [6.07, 6.45) is 2.18. The van der Waals surface area contributed by atoms with E-state index in [4.69, 9.17) is 16.3 Å². The normalized spacial score (nSPS) is 21.1. The molecule has 2 aromatic carbocycles. The number of para-hydroxylation sites is 1. The lowest BCUT2D eigenvalue weighted by Crippen LogP contribution is -2.28. The monoisotopic (exact) mass is 431 g/mol. The zero-order valence-electron chi connectivity index (χ0n) is 16.4. The van der Waals surface area contributed by atoms with E-state index in [0.717, 1.165) is 19.4 Å². The van der Waals surface area contributed by atoms with Gasteiger partial charge in [-0.3, -0.25) is 9.59 Å². The van der Waals surface area contributed by atoms with Crippen LogP contribution in [0.4, 0.5) is 21.5 Å². The number of anilines is 3. The number of hydrogen-bond donors (Lipinski definition) is 2. The van der Waals surface area contributed by atoms with Gasteiger partial charge >= 0.3 is 0 Å². The molecule has 0 bridgehead atoms. The lowest BCUT2D eigenvalue weighted by Gasteiger charge is -2.18. The molecule has 2 N–H and O–H groups in total. The Morgan fingerprint density at radius 2 is 2.10 bits per heavy atom. The number of carbonyl (C=O) groups is 2. The van der Waals surface area contributed by atoms with Crippen molar-refractivity contribution in [2.24, 2.45) is 5.92 Å². The molecule has 2 saturated heterocycles. The number of rotatable bonds is 6. The number of amides is 2. The van der Waals surface area contributed by atoms with Gasteiger partial charge in [0.05, 0.1) is 28.4 Å². The van der Waals surface area contributed by atoms with Gasteiger partial charge in [-0.05, 0) is 43.2 Å². The molecule has 158 valence electrons. The van der Waals surface area contributed by atoms with Gasteiger partial charge in [-0.1, -0.05) is 23.7 Å². The Balaban J connectivity index is 1.36. The Bertz CT molecular complexity index is 949. The molecule has 2 unspecified atom stereocenters. The molecular formula is C22H23ClFN3O3. The van der Waals surface area contributed by atoms with Gasteiger partial charge < -0.3 is 20.3 Å². The number of nitrogens with zero attached hydrogens (tertiary/aromatic N) is 1. The predicted octanol–water partition coefficient (Wildman–Crippen LogP) is 4.06. The van der Waals surface area contributed by atoms with Gasteiger partial charge in [0, 0.05) is 31.8 Å². The van der Waals surface area contributed by atoms with Crippen molar-refractivity contribution < 1.29 is 18.7 Å². The lowest BCUT2D eigenvalue weighted by atomic mass is 10.1. The first-order chi connectivity index (χ1) is 14.5. The minimum atomic E-state index is -0.533. The van der Waals surface area contributed by atoms with E-state index in [-0.39, 0.29) is 30.9 Å². The van der Waals surface area contributed by atoms with Gasteiger partial charge in [-0.25, -0.2) is 4.39 Å². The average Bonchev–Trinajstić information content (AvgIpc) is 3.37. The molecule has 0 spiro atoms. The molecule has 2 heterocycles. The molecule has 0 saturated carbocycles. The van der Waals surface area contributed by atoms with Crippen LogP contribution in [0, 0.1) is 11.7 Å². The van der Waals surface area contributed by atoms with E-state index < -0.39 is 11.7 Å². The van der Waals surface area contributed by atoms with Crippen LogP contribution < -0.4 is 15.5 Å². The summed E-state index contributed by atoms with van der Waals surface area (Å²) in [6, 6.07) is 11.5. The first-order valence-electron chi connectivity index (χ1n) is 10.0. The summed E-state index contributed by atoms with van der Waals surface area (Å²) in [7, 11) is 0. The van der Waals surface area contributed by atoms with E-state index in [0.29, 0.717) is 28.6 Å². The van der Waals surface area contributed by atoms with Gasteiger partial charge in [-0.15, -0.1) is 0 Å². The maximum Gasteiger partial charge on any atom is 0.229 e. The van der Waals surface area contributed by atoms with E-state index in [2.05, 4.69) is 10.6 Å². The molecular weight excluding hydrogens is 409 g/mol. The maximum absolute atomic E-state index is 14.4. The molecule has 0 aliphatic carbocycles. The number of hydrogen-bond acceptors (Lipinski definition) is 4. The molecule has 2 atom stereocenters. The Morgan fingerprint density at radius 1 is 1.27 bits per heavy atom. The van der Waals surface area contributed by atoms with Crippen molar-refractivity contribution in [3.63, 3.8) is 0 Å². The molecule has 2 fully saturated rings. The Labute approximate surface area is 179 Å². The lowest BCUT2D eigenvalue weighted by molar-refractivity contribution is -0.122. The summed E-state index contributed by atoms with van der Waals surface area (Å²) < 4.78 is 19.9. The fourth-order valence-electron chi connectivity index (χ4n) is 3.80. The highest BCUT2D eigenvalue weighted by atomic mass is 35.5. The molecule has 2 amide bonds. The number of nitrogens with one attached hydrogen (secondary N) is 2. The van der Waals surface area contributed by atoms with Crippen molar-refractivity contribution in [1.82, 2.24) is 0 Å². The molecule has 8 heteroatoms. The van der Waals surface area contributed by atoms with Crippen molar-refractivity contribution in [3.8, 4) is 0 Å². The highest BCUT2D eigenvalue weighted by Crippen LogP contribution is 2.31. The van der Waals surface area contributed by atoms with Crippen molar-refractivity contribution in [1.29, 1.82) is 0 Å². The first-order valence-corrected chi connectivity index (χ1v) is 10.4. The summed E-state index contributed by atoms with van der Waals surface area (Å²) in [4.78, 5) is 26.5. The van der Waals surface area contributed by atoms with E-state index in [1.54, 1.807) is 36.4 Å². The summed E-state index contributed by atoms with van der Waals surface area (Å²) in [5.74, 6) is -1.47. The molecule has 0 aromatic heterocycles. The SMILES string of the molecule is O=C(Nc1ccc(NCC2CCCO2)c(F)c1)C1CC(=O)N(c2ccccc2Cl)C1. The average molecular weight is 432 g/mol.